The van der Waals surface area contributed by atoms with Crippen molar-refractivity contribution in [2.24, 2.45) is 0 Å². The maximum Gasteiger partial charge on any atom is 0.138 e. The van der Waals surface area contributed by atoms with E-state index in [1.165, 1.54) is 0 Å². The van der Waals surface area contributed by atoms with Crippen molar-refractivity contribution in [3.8, 4) is 5.82 Å². The second kappa shape index (κ2) is 6.39. The third kappa shape index (κ3) is 2.99. The van der Waals surface area contributed by atoms with Gasteiger partial charge in [0.05, 0.1) is 0 Å². The molecule has 0 spiro atoms. The zero-order valence-corrected chi connectivity index (χ0v) is 13.7. The van der Waals surface area contributed by atoms with Crippen molar-refractivity contribution < 1.29 is 0 Å². The first kappa shape index (κ1) is 14.8. The molecule has 3 aromatic rings. The van der Waals surface area contributed by atoms with Crippen LogP contribution in [0.5, 0.6) is 0 Å². The lowest BCUT2D eigenvalue weighted by Gasteiger charge is -2.33. The Morgan fingerprint density at radius 1 is 1.08 bits per heavy atom. The minimum absolute atomic E-state index is 0.414. The van der Waals surface area contributed by atoms with Gasteiger partial charge in [0.1, 0.15) is 23.8 Å². The Morgan fingerprint density at radius 3 is 2.88 bits per heavy atom. The summed E-state index contributed by atoms with van der Waals surface area (Å²) >= 11 is 0. The van der Waals surface area contributed by atoms with Gasteiger partial charge in [0.15, 0.2) is 0 Å². The number of hydrogen-bond donors (Lipinski definition) is 0. The molecule has 1 aliphatic heterocycles. The number of anilines is 1. The molecule has 0 aromatic carbocycles. The van der Waals surface area contributed by atoms with E-state index in [0.29, 0.717) is 5.92 Å². The Hall–Kier alpha value is -2.76. The van der Waals surface area contributed by atoms with Gasteiger partial charge >= 0.3 is 0 Å². The van der Waals surface area contributed by atoms with Crippen molar-refractivity contribution in [2.75, 3.05) is 18.0 Å². The van der Waals surface area contributed by atoms with E-state index in [9.17, 15) is 0 Å². The molecule has 1 unspecified atom stereocenters. The molecule has 0 amide bonds. The first-order chi connectivity index (χ1) is 11.8. The van der Waals surface area contributed by atoms with E-state index >= 15 is 0 Å². The van der Waals surface area contributed by atoms with Crippen LogP contribution < -0.4 is 4.90 Å². The van der Waals surface area contributed by atoms with Gasteiger partial charge in [-0.3, -0.25) is 4.57 Å². The summed E-state index contributed by atoms with van der Waals surface area (Å²) in [4.78, 5) is 20.0. The average Bonchev–Trinajstić information content (AvgIpc) is 3.17. The van der Waals surface area contributed by atoms with Crippen LogP contribution in [0.4, 0.5) is 5.82 Å². The third-order valence-electron chi connectivity index (χ3n) is 4.45. The van der Waals surface area contributed by atoms with Crippen molar-refractivity contribution in [3.05, 3.63) is 60.7 Å². The van der Waals surface area contributed by atoms with Gasteiger partial charge in [-0.2, -0.15) is 0 Å². The van der Waals surface area contributed by atoms with Crippen LogP contribution in [0.1, 0.15) is 30.3 Å². The minimum Gasteiger partial charge on any atom is -0.356 e. The van der Waals surface area contributed by atoms with Crippen LogP contribution in [0, 0.1) is 6.92 Å². The quantitative estimate of drug-likeness (QED) is 0.742. The molecule has 4 heterocycles. The van der Waals surface area contributed by atoms with Crippen LogP contribution in [0.15, 0.2) is 49.2 Å². The molecule has 0 N–H and O–H groups in total. The second-order valence-corrected chi connectivity index (χ2v) is 6.14. The zero-order chi connectivity index (χ0) is 16.4. The van der Waals surface area contributed by atoms with E-state index < -0.39 is 0 Å². The standard InChI is InChI=1S/C18H20N6/c1-14-20-8-7-18(21-14)23-10-3-4-15(12-23)16-5-2-6-17(22-16)24-11-9-19-13-24/h2,5-9,11,13,15H,3-4,10,12H2,1H3. The monoisotopic (exact) mass is 320 g/mol. The van der Waals surface area contributed by atoms with Crippen molar-refractivity contribution in [3.63, 3.8) is 0 Å². The number of rotatable bonds is 3. The average molecular weight is 320 g/mol. The van der Waals surface area contributed by atoms with E-state index in [0.717, 1.165) is 49.1 Å². The number of aromatic nitrogens is 5. The molecule has 0 saturated carbocycles. The lowest BCUT2D eigenvalue weighted by atomic mass is 9.94. The summed E-state index contributed by atoms with van der Waals surface area (Å²) in [5.74, 6) is 3.16. The summed E-state index contributed by atoms with van der Waals surface area (Å²) in [6.07, 6.45) is 9.60. The smallest absolute Gasteiger partial charge is 0.138 e. The number of pyridine rings is 1. The highest BCUT2D eigenvalue weighted by Gasteiger charge is 2.23. The molecule has 0 aliphatic carbocycles. The van der Waals surface area contributed by atoms with E-state index in [-0.39, 0.29) is 0 Å². The topological polar surface area (TPSA) is 59.7 Å². The van der Waals surface area contributed by atoms with Crippen LogP contribution in [0.25, 0.3) is 5.82 Å². The first-order valence-electron chi connectivity index (χ1n) is 8.29. The highest BCUT2D eigenvalue weighted by Crippen LogP contribution is 2.28. The van der Waals surface area contributed by atoms with Gasteiger partial charge < -0.3 is 4.90 Å². The molecule has 1 atom stereocenters. The van der Waals surface area contributed by atoms with E-state index in [4.69, 9.17) is 4.98 Å². The van der Waals surface area contributed by atoms with Gasteiger partial charge in [-0.15, -0.1) is 0 Å². The molecule has 122 valence electrons. The zero-order valence-electron chi connectivity index (χ0n) is 13.7. The van der Waals surface area contributed by atoms with E-state index in [2.05, 4.69) is 32.0 Å². The Morgan fingerprint density at radius 2 is 2.04 bits per heavy atom. The third-order valence-corrected chi connectivity index (χ3v) is 4.45. The predicted molar refractivity (Wildman–Crippen MR) is 92.3 cm³/mol. The maximum atomic E-state index is 4.85. The SMILES string of the molecule is Cc1nccc(N2CCCC(c3cccc(-n4ccnc4)n3)C2)n1. The molecule has 6 heteroatoms. The van der Waals surface area contributed by atoms with Crippen LogP contribution in [0.3, 0.4) is 0 Å². The van der Waals surface area contributed by atoms with Crippen molar-refractivity contribution >= 4 is 5.82 Å². The van der Waals surface area contributed by atoms with Gasteiger partial charge in [-0.05, 0) is 38.0 Å². The molecule has 0 radical (unpaired) electrons. The fourth-order valence-corrected chi connectivity index (χ4v) is 3.25. The normalized spacial score (nSPS) is 17.9. The lowest BCUT2D eigenvalue weighted by molar-refractivity contribution is 0.497. The van der Waals surface area contributed by atoms with Crippen LogP contribution >= 0.6 is 0 Å². The number of hydrogen-bond acceptors (Lipinski definition) is 5. The van der Waals surface area contributed by atoms with Crippen LogP contribution in [0.2, 0.25) is 0 Å². The first-order valence-corrected chi connectivity index (χ1v) is 8.29. The molecule has 4 rings (SSSR count). The van der Waals surface area contributed by atoms with Crippen molar-refractivity contribution in [1.82, 2.24) is 24.5 Å². The molecule has 1 fully saturated rings. The van der Waals surface area contributed by atoms with E-state index in [1.807, 2.05) is 36.0 Å². The molecule has 6 nitrogen and oxygen atoms in total. The fourth-order valence-electron chi connectivity index (χ4n) is 3.25. The van der Waals surface area contributed by atoms with Gasteiger partial charge in [0.25, 0.3) is 0 Å². The van der Waals surface area contributed by atoms with Crippen LogP contribution in [-0.2, 0) is 0 Å². The molecular formula is C18H20N6. The summed E-state index contributed by atoms with van der Waals surface area (Å²) in [5, 5.41) is 0. The number of imidazole rings is 1. The second-order valence-electron chi connectivity index (χ2n) is 6.14. The van der Waals surface area contributed by atoms with Crippen molar-refractivity contribution in [1.29, 1.82) is 0 Å². The summed E-state index contributed by atoms with van der Waals surface area (Å²) in [6.45, 7) is 3.91. The van der Waals surface area contributed by atoms with Crippen LogP contribution in [-0.4, -0.2) is 37.6 Å². The Kier molecular flexibility index (Phi) is 3.94. The maximum absolute atomic E-state index is 4.85. The highest BCUT2D eigenvalue weighted by molar-refractivity contribution is 5.39. The fraction of sp³-hybridized carbons (Fsp3) is 0.333. The molecular weight excluding hydrogens is 300 g/mol. The largest absolute Gasteiger partial charge is 0.356 e. The molecule has 3 aromatic heterocycles. The van der Waals surface area contributed by atoms with Gasteiger partial charge in [-0.25, -0.2) is 19.9 Å². The summed E-state index contributed by atoms with van der Waals surface area (Å²) in [5.41, 5.74) is 1.14. The number of piperidine rings is 1. The molecule has 0 bridgehead atoms. The minimum atomic E-state index is 0.414. The number of aryl methyl sites for hydroxylation is 1. The summed E-state index contributed by atoms with van der Waals surface area (Å²) < 4.78 is 1.94. The molecule has 24 heavy (non-hydrogen) atoms. The van der Waals surface area contributed by atoms with Gasteiger partial charge in [0, 0.05) is 43.3 Å². The Balaban J connectivity index is 1.57. The Bertz CT molecular complexity index is 814. The summed E-state index contributed by atoms with van der Waals surface area (Å²) in [7, 11) is 0. The van der Waals surface area contributed by atoms with Gasteiger partial charge in [0.2, 0.25) is 0 Å². The highest BCUT2D eigenvalue weighted by atomic mass is 15.2. The van der Waals surface area contributed by atoms with Gasteiger partial charge in [-0.1, -0.05) is 6.07 Å². The predicted octanol–water partition coefficient (Wildman–Crippen LogP) is 2.75. The summed E-state index contributed by atoms with van der Waals surface area (Å²) in [6, 6.07) is 8.20. The number of nitrogens with zero attached hydrogens (tertiary/aromatic N) is 6. The Labute approximate surface area is 141 Å². The lowest BCUT2D eigenvalue weighted by Crippen LogP contribution is -2.35. The molecule has 1 saturated heterocycles. The molecule has 1 aliphatic rings. The van der Waals surface area contributed by atoms with E-state index in [1.54, 1.807) is 12.5 Å². The van der Waals surface area contributed by atoms with Crippen molar-refractivity contribution in [2.45, 2.75) is 25.7 Å².